The molecule has 1 aliphatic heterocycles. The molecule has 1 saturated heterocycles. The molecular formula is C26H36N8O2S2. The number of aryl methyl sites for hydroxylation is 1. The van der Waals surface area contributed by atoms with Crippen molar-refractivity contribution in [2.75, 3.05) is 71.5 Å². The third-order valence-corrected chi connectivity index (χ3v) is 9.22. The number of nitrogens with two attached hydrogens (primary N) is 2. The smallest absolute Gasteiger partial charge is 0.226 e. The molecule has 0 radical (unpaired) electrons. The zero-order valence-corrected chi connectivity index (χ0v) is 23.8. The van der Waals surface area contributed by atoms with Crippen LogP contribution in [0.25, 0.3) is 10.2 Å². The highest BCUT2D eigenvalue weighted by atomic mass is 32.2. The van der Waals surface area contributed by atoms with E-state index in [4.69, 9.17) is 15.6 Å². The summed E-state index contributed by atoms with van der Waals surface area (Å²) in [6, 6.07) is 3.64. The summed E-state index contributed by atoms with van der Waals surface area (Å²) in [5.41, 5.74) is 8.63. The van der Waals surface area contributed by atoms with Crippen molar-refractivity contribution in [3.63, 3.8) is 0 Å². The van der Waals surface area contributed by atoms with Gasteiger partial charge in [-0.25, -0.2) is 9.97 Å². The van der Waals surface area contributed by atoms with E-state index in [0.29, 0.717) is 17.3 Å². The summed E-state index contributed by atoms with van der Waals surface area (Å²) >= 11 is 2.77. The number of rotatable bonds is 8. The van der Waals surface area contributed by atoms with Crippen LogP contribution in [0.5, 0.6) is 5.75 Å². The molecule has 5 N–H and O–H groups in total. The fraction of sp³-hybridized carbons (Fsp3) is 0.500. The highest BCUT2D eigenvalue weighted by Gasteiger charge is 2.33. The van der Waals surface area contributed by atoms with Crippen LogP contribution in [0.2, 0.25) is 0 Å². The van der Waals surface area contributed by atoms with Crippen LogP contribution in [-0.4, -0.2) is 91.0 Å². The first-order chi connectivity index (χ1) is 18.4. The van der Waals surface area contributed by atoms with Crippen LogP contribution in [0.15, 0.2) is 23.4 Å². The van der Waals surface area contributed by atoms with Crippen molar-refractivity contribution in [3.05, 3.63) is 28.9 Å². The van der Waals surface area contributed by atoms with E-state index < -0.39 is 0 Å². The lowest BCUT2D eigenvalue weighted by molar-refractivity contribution is -0.137. The second-order valence-electron chi connectivity index (χ2n) is 10.1. The maximum atomic E-state index is 13.4. The van der Waals surface area contributed by atoms with Crippen molar-refractivity contribution in [2.45, 2.75) is 24.2 Å². The van der Waals surface area contributed by atoms with Gasteiger partial charge in [0, 0.05) is 61.0 Å². The number of nitrogens with one attached hydrogen (secondary N) is 1. The molecule has 3 heterocycles. The van der Waals surface area contributed by atoms with E-state index in [1.165, 1.54) is 10.4 Å². The van der Waals surface area contributed by atoms with E-state index in [1.54, 1.807) is 30.8 Å². The summed E-state index contributed by atoms with van der Waals surface area (Å²) in [7, 11) is 5.81. The Morgan fingerprint density at radius 2 is 2.05 bits per heavy atom. The number of thiophene rings is 1. The molecule has 3 aromatic rings. The minimum atomic E-state index is 0.0228. The molecule has 5 rings (SSSR count). The lowest BCUT2D eigenvalue weighted by Gasteiger charge is -2.37. The lowest BCUT2D eigenvalue weighted by atomic mass is 9.86. The molecule has 0 bridgehead atoms. The molecule has 0 spiro atoms. The standard InChI is InChI=1S/C26H36N8O2S2/c1-32(2)6-7-33-8-10-34(11-9-33)26(35)16-4-5-17-21(12-16)37-25-23(17)24(29-15-30-25)31-19-14-22(38-28)18(27)13-20(19)36-3/h13-16H,4-12,27-28H2,1-3H3,(H,29,30,31). The Labute approximate surface area is 231 Å². The number of hydrogen-bond acceptors (Lipinski definition) is 11. The van der Waals surface area contributed by atoms with Gasteiger partial charge in [0.25, 0.3) is 0 Å². The summed E-state index contributed by atoms with van der Waals surface area (Å²) in [6.45, 7) is 5.62. The van der Waals surface area contributed by atoms with E-state index in [9.17, 15) is 4.79 Å². The summed E-state index contributed by atoms with van der Waals surface area (Å²) in [5.74, 6) is 1.66. The molecular weight excluding hydrogens is 520 g/mol. The Kier molecular flexibility index (Phi) is 8.24. The SMILES string of the molecule is COc1cc(N)c(SN)cc1Nc1ncnc2sc3c(c12)CCC(C(=O)N1CCN(CCN(C)C)CC1)C3. The van der Waals surface area contributed by atoms with Crippen LogP contribution in [-0.2, 0) is 17.6 Å². The minimum Gasteiger partial charge on any atom is -0.494 e. The van der Waals surface area contributed by atoms with E-state index >= 15 is 0 Å². The number of amides is 1. The Hall–Kier alpha value is -2.64. The van der Waals surface area contributed by atoms with Crippen LogP contribution in [0.4, 0.5) is 17.2 Å². The summed E-state index contributed by atoms with van der Waals surface area (Å²) in [5, 5.41) is 10.3. The molecule has 1 aliphatic carbocycles. The van der Waals surface area contributed by atoms with Gasteiger partial charge >= 0.3 is 0 Å². The fourth-order valence-electron chi connectivity index (χ4n) is 5.28. The molecule has 1 unspecified atom stereocenters. The first kappa shape index (κ1) is 26.9. The number of likely N-dealkylation sites (N-methyl/N-ethyl adjacent to an activating group) is 1. The van der Waals surface area contributed by atoms with Crippen molar-refractivity contribution in [2.24, 2.45) is 11.1 Å². The van der Waals surface area contributed by atoms with Gasteiger partial charge in [0.15, 0.2) is 0 Å². The third-order valence-electron chi connectivity index (χ3n) is 7.45. The maximum absolute atomic E-state index is 13.4. The topological polar surface area (TPSA) is 126 Å². The van der Waals surface area contributed by atoms with Gasteiger partial charge in [0.1, 0.15) is 22.7 Å². The summed E-state index contributed by atoms with van der Waals surface area (Å²) in [4.78, 5) is 32.2. The van der Waals surface area contributed by atoms with Crippen molar-refractivity contribution in [3.8, 4) is 5.75 Å². The fourth-order valence-corrected chi connectivity index (χ4v) is 6.93. The van der Waals surface area contributed by atoms with Gasteiger partial charge in [0.2, 0.25) is 5.91 Å². The molecule has 1 aromatic carbocycles. The molecule has 2 aromatic heterocycles. The minimum absolute atomic E-state index is 0.0228. The molecule has 1 amide bonds. The molecule has 12 heteroatoms. The monoisotopic (exact) mass is 556 g/mol. The molecule has 10 nitrogen and oxygen atoms in total. The van der Waals surface area contributed by atoms with Gasteiger partial charge in [0.05, 0.1) is 23.9 Å². The average molecular weight is 557 g/mol. The highest BCUT2D eigenvalue weighted by Crippen LogP contribution is 2.42. The van der Waals surface area contributed by atoms with Crippen molar-refractivity contribution in [1.82, 2.24) is 24.7 Å². The molecule has 204 valence electrons. The molecule has 0 saturated carbocycles. The number of carbonyl (C=O) groups is 1. The molecule has 1 atom stereocenters. The van der Waals surface area contributed by atoms with Gasteiger partial charge < -0.3 is 25.6 Å². The number of anilines is 3. The number of methoxy groups -OCH3 is 1. The number of fused-ring (bicyclic) bond motifs is 3. The number of piperazine rings is 1. The number of nitrogen functional groups attached to an aromatic ring is 1. The largest absolute Gasteiger partial charge is 0.494 e. The van der Waals surface area contributed by atoms with Gasteiger partial charge in [-0.1, -0.05) is 0 Å². The van der Waals surface area contributed by atoms with Crippen LogP contribution < -0.4 is 20.9 Å². The number of ether oxygens (including phenoxy) is 1. The number of hydrogen-bond donors (Lipinski definition) is 3. The van der Waals surface area contributed by atoms with E-state index in [0.717, 1.165) is 97.1 Å². The van der Waals surface area contributed by atoms with Gasteiger partial charge in [-0.3, -0.25) is 14.8 Å². The maximum Gasteiger partial charge on any atom is 0.226 e. The van der Waals surface area contributed by atoms with Gasteiger partial charge in [-0.15, -0.1) is 11.3 Å². The normalized spacial score (nSPS) is 18.1. The second-order valence-corrected chi connectivity index (χ2v) is 11.9. The summed E-state index contributed by atoms with van der Waals surface area (Å²) in [6.07, 6.45) is 4.01. The van der Waals surface area contributed by atoms with Gasteiger partial charge in [-0.2, -0.15) is 0 Å². The lowest BCUT2D eigenvalue weighted by Crippen LogP contribution is -2.51. The second kappa shape index (κ2) is 11.6. The molecule has 2 aliphatic rings. The van der Waals surface area contributed by atoms with Crippen LogP contribution >= 0.6 is 23.3 Å². The Balaban J connectivity index is 1.32. The number of aromatic nitrogens is 2. The third kappa shape index (κ3) is 5.55. The average Bonchev–Trinajstić information content (AvgIpc) is 3.31. The first-order valence-corrected chi connectivity index (χ1v) is 14.6. The van der Waals surface area contributed by atoms with E-state index in [1.807, 2.05) is 6.07 Å². The van der Waals surface area contributed by atoms with Gasteiger partial charge in [-0.05, 0) is 56.9 Å². The first-order valence-electron chi connectivity index (χ1n) is 12.9. The van der Waals surface area contributed by atoms with E-state index in [-0.39, 0.29) is 5.92 Å². The Morgan fingerprint density at radius 3 is 2.76 bits per heavy atom. The predicted octanol–water partition coefficient (Wildman–Crippen LogP) is 2.80. The van der Waals surface area contributed by atoms with Crippen LogP contribution in [0.1, 0.15) is 16.9 Å². The molecule has 1 fully saturated rings. The Bertz CT molecular complexity index is 1310. The number of nitrogens with zero attached hydrogens (tertiary/aromatic N) is 5. The van der Waals surface area contributed by atoms with Crippen LogP contribution in [0, 0.1) is 5.92 Å². The zero-order chi connectivity index (χ0) is 26.8. The Morgan fingerprint density at radius 1 is 1.26 bits per heavy atom. The van der Waals surface area contributed by atoms with E-state index in [2.05, 4.69) is 44.1 Å². The highest BCUT2D eigenvalue weighted by molar-refractivity contribution is 7.97. The number of benzene rings is 1. The van der Waals surface area contributed by atoms with Crippen molar-refractivity contribution >= 4 is 56.6 Å². The quantitative estimate of drug-likeness (QED) is 0.282. The summed E-state index contributed by atoms with van der Waals surface area (Å²) < 4.78 is 5.55. The van der Waals surface area contributed by atoms with Crippen molar-refractivity contribution < 1.29 is 9.53 Å². The molecule has 38 heavy (non-hydrogen) atoms. The predicted molar refractivity (Wildman–Crippen MR) is 155 cm³/mol. The van der Waals surface area contributed by atoms with Crippen molar-refractivity contribution in [1.29, 1.82) is 0 Å². The number of carbonyl (C=O) groups excluding carboxylic acids is 1. The van der Waals surface area contributed by atoms with Crippen LogP contribution in [0.3, 0.4) is 0 Å². The zero-order valence-electron chi connectivity index (χ0n) is 22.2.